The van der Waals surface area contributed by atoms with E-state index < -0.39 is 0 Å². The summed E-state index contributed by atoms with van der Waals surface area (Å²) in [5, 5.41) is 6.30. The molecule has 0 aliphatic heterocycles. The molecule has 0 aliphatic carbocycles. The van der Waals surface area contributed by atoms with Gasteiger partial charge in [-0.1, -0.05) is 6.07 Å². The van der Waals surface area contributed by atoms with E-state index in [4.69, 9.17) is 4.74 Å². The fraction of sp³-hybridized carbons (Fsp3) is 0.143. The fourth-order valence-electron chi connectivity index (χ4n) is 1.97. The van der Waals surface area contributed by atoms with Gasteiger partial charge in [0.1, 0.15) is 11.6 Å². The minimum atomic E-state index is 0.690. The van der Waals surface area contributed by atoms with Crippen LogP contribution >= 0.6 is 0 Å². The molecular weight excluding hydrogens is 254 g/mol. The van der Waals surface area contributed by atoms with Crippen LogP contribution in [0.5, 0.6) is 5.75 Å². The van der Waals surface area contributed by atoms with Crippen molar-refractivity contribution in [3.05, 3.63) is 42.9 Å². The van der Waals surface area contributed by atoms with Gasteiger partial charge in [0.05, 0.1) is 13.3 Å². The monoisotopic (exact) mass is 269 g/mol. The number of hydrogen-bond donors (Lipinski definition) is 2. The zero-order valence-corrected chi connectivity index (χ0v) is 11.3. The van der Waals surface area contributed by atoms with Crippen molar-refractivity contribution >= 4 is 23.0 Å². The number of ether oxygens (including phenoxy) is 1. The second-order valence-electron chi connectivity index (χ2n) is 4.24. The van der Waals surface area contributed by atoms with Crippen molar-refractivity contribution in [2.24, 2.45) is 0 Å². The molecule has 0 aliphatic rings. The summed E-state index contributed by atoms with van der Waals surface area (Å²) in [6, 6.07) is 7.68. The van der Waals surface area contributed by atoms with Crippen molar-refractivity contribution in [2.75, 3.05) is 24.8 Å². The lowest BCUT2D eigenvalue weighted by atomic mass is 10.3. The number of nitrogens with one attached hydrogen (secondary N) is 2. The molecule has 102 valence electrons. The molecule has 0 bridgehead atoms. The summed E-state index contributed by atoms with van der Waals surface area (Å²) in [4.78, 5) is 8.81. The van der Waals surface area contributed by atoms with Crippen LogP contribution in [0, 0.1) is 0 Å². The zero-order chi connectivity index (χ0) is 13.9. The second-order valence-corrected chi connectivity index (χ2v) is 4.24. The lowest BCUT2D eigenvalue weighted by Crippen LogP contribution is -2.02. The largest absolute Gasteiger partial charge is 0.497 e. The Morgan fingerprint density at radius 3 is 3.00 bits per heavy atom. The maximum Gasteiger partial charge on any atom is 0.180 e. The van der Waals surface area contributed by atoms with Crippen LogP contribution in [-0.2, 0) is 0 Å². The highest BCUT2D eigenvalue weighted by atomic mass is 16.5. The van der Waals surface area contributed by atoms with Crippen LogP contribution < -0.4 is 15.4 Å². The smallest absolute Gasteiger partial charge is 0.180 e. The average Bonchev–Trinajstić information content (AvgIpc) is 2.96. The van der Waals surface area contributed by atoms with Gasteiger partial charge in [0, 0.05) is 31.2 Å². The molecule has 0 saturated carbocycles. The molecule has 0 unspecified atom stereocenters. The molecular formula is C14H15N5O. The molecule has 0 saturated heterocycles. The predicted octanol–water partition coefficient (Wildman–Crippen LogP) is 2.52. The van der Waals surface area contributed by atoms with E-state index in [-0.39, 0.29) is 0 Å². The van der Waals surface area contributed by atoms with E-state index in [0.717, 1.165) is 22.9 Å². The van der Waals surface area contributed by atoms with Crippen molar-refractivity contribution in [3.63, 3.8) is 0 Å². The quantitative estimate of drug-likeness (QED) is 0.762. The Bertz CT molecular complexity index is 737. The third-order valence-corrected chi connectivity index (χ3v) is 2.96. The maximum absolute atomic E-state index is 5.22. The van der Waals surface area contributed by atoms with Gasteiger partial charge in [0.25, 0.3) is 0 Å². The van der Waals surface area contributed by atoms with E-state index in [2.05, 4.69) is 20.6 Å². The molecule has 6 nitrogen and oxygen atoms in total. The van der Waals surface area contributed by atoms with Gasteiger partial charge in [-0.05, 0) is 12.1 Å². The number of fused-ring (bicyclic) bond motifs is 1. The van der Waals surface area contributed by atoms with Crippen molar-refractivity contribution in [1.82, 2.24) is 14.4 Å². The molecule has 2 N–H and O–H groups in total. The Kier molecular flexibility index (Phi) is 3.12. The minimum absolute atomic E-state index is 0.690. The van der Waals surface area contributed by atoms with Gasteiger partial charge in [0.2, 0.25) is 0 Å². The van der Waals surface area contributed by atoms with Crippen LogP contribution in [0.3, 0.4) is 0 Å². The topological polar surface area (TPSA) is 63.5 Å². The van der Waals surface area contributed by atoms with E-state index in [1.165, 1.54) is 0 Å². The highest BCUT2D eigenvalue weighted by Crippen LogP contribution is 2.23. The Hall–Kier alpha value is -2.76. The zero-order valence-electron chi connectivity index (χ0n) is 11.3. The standard InChI is InChI=1S/C14H15N5O/c1-15-12-9-19-7-6-16-14(19)13(18-12)17-10-4-3-5-11(8-10)20-2/h3-9,15H,1-2H3,(H,17,18). The molecule has 6 heteroatoms. The molecule has 20 heavy (non-hydrogen) atoms. The lowest BCUT2D eigenvalue weighted by molar-refractivity contribution is 0.415. The number of imidazole rings is 1. The van der Waals surface area contributed by atoms with E-state index in [0.29, 0.717) is 5.82 Å². The number of aromatic nitrogens is 3. The fourth-order valence-corrected chi connectivity index (χ4v) is 1.97. The number of nitrogens with zero attached hydrogens (tertiary/aromatic N) is 3. The van der Waals surface area contributed by atoms with E-state index in [1.54, 1.807) is 13.3 Å². The minimum Gasteiger partial charge on any atom is -0.497 e. The van der Waals surface area contributed by atoms with E-state index in [9.17, 15) is 0 Å². The summed E-state index contributed by atoms with van der Waals surface area (Å²) < 4.78 is 7.13. The normalized spacial score (nSPS) is 10.5. The van der Waals surface area contributed by atoms with Crippen LogP contribution in [0.15, 0.2) is 42.9 Å². The van der Waals surface area contributed by atoms with Gasteiger partial charge >= 0.3 is 0 Å². The number of anilines is 3. The van der Waals surface area contributed by atoms with Crippen LogP contribution in [0.2, 0.25) is 0 Å². The molecule has 0 atom stereocenters. The van der Waals surface area contributed by atoms with Gasteiger partial charge in [0.15, 0.2) is 11.5 Å². The molecule has 0 fully saturated rings. The van der Waals surface area contributed by atoms with Crippen molar-refractivity contribution in [2.45, 2.75) is 0 Å². The number of hydrogen-bond acceptors (Lipinski definition) is 5. The number of benzene rings is 1. The van der Waals surface area contributed by atoms with Gasteiger partial charge < -0.3 is 19.8 Å². The first-order chi connectivity index (χ1) is 9.80. The van der Waals surface area contributed by atoms with Crippen LogP contribution in [0.4, 0.5) is 17.3 Å². The summed E-state index contributed by atoms with van der Waals surface area (Å²) in [6.07, 6.45) is 5.51. The summed E-state index contributed by atoms with van der Waals surface area (Å²) >= 11 is 0. The molecule has 1 aromatic carbocycles. The van der Waals surface area contributed by atoms with Crippen molar-refractivity contribution < 1.29 is 4.74 Å². The SMILES string of the molecule is CNc1cn2ccnc2c(Nc2cccc(OC)c2)n1. The third kappa shape index (κ3) is 2.23. The highest BCUT2D eigenvalue weighted by Gasteiger charge is 2.07. The predicted molar refractivity (Wildman–Crippen MR) is 78.8 cm³/mol. The Morgan fingerprint density at radius 2 is 2.20 bits per heavy atom. The molecule has 3 rings (SSSR count). The van der Waals surface area contributed by atoms with E-state index in [1.807, 2.05) is 48.1 Å². The third-order valence-electron chi connectivity index (χ3n) is 2.96. The summed E-state index contributed by atoms with van der Waals surface area (Å²) in [5.41, 5.74) is 1.67. The summed E-state index contributed by atoms with van der Waals surface area (Å²) in [6.45, 7) is 0. The van der Waals surface area contributed by atoms with Crippen LogP contribution in [0.1, 0.15) is 0 Å². The first-order valence-corrected chi connectivity index (χ1v) is 6.22. The van der Waals surface area contributed by atoms with Crippen molar-refractivity contribution in [1.29, 1.82) is 0 Å². The van der Waals surface area contributed by atoms with Gasteiger partial charge in [-0.2, -0.15) is 0 Å². The maximum atomic E-state index is 5.22. The Balaban J connectivity index is 2.02. The molecule has 2 heterocycles. The molecule has 0 radical (unpaired) electrons. The van der Waals surface area contributed by atoms with E-state index >= 15 is 0 Å². The van der Waals surface area contributed by atoms with Gasteiger partial charge in [-0.3, -0.25) is 0 Å². The summed E-state index contributed by atoms with van der Waals surface area (Å²) in [5.74, 6) is 2.25. The Labute approximate surface area is 116 Å². The van der Waals surface area contributed by atoms with Gasteiger partial charge in [-0.15, -0.1) is 0 Å². The number of methoxy groups -OCH3 is 1. The molecule has 0 spiro atoms. The highest BCUT2D eigenvalue weighted by molar-refractivity contribution is 5.72. The van der Waals surface area contributed by atoms with Crippen LogP contribution in [-0.4, -0.2) is 28.5 Å². The molecule has 2 aromatic heterocycles. The first kappa shape index (κ1) is 12.3. The average molecular weight is 269 g/mol. The Morgan fingerprint density at radius 1 is 1.30 bits per heavy atom. The lowest BCUT2D eigenvalue weighted by Gasteiger charge is -2.10. The molecule has 0 amide bonds. The first-order valence-electron chi connectivity index (χ1n) is 6.22. The number of rotatable bonds is 4. The van der Waals surface area contributed by atoms with Crippen molar-refractivity contribution in [3.8, 4) is 5.75 Å². The van der Waals surface area contributed by atoms with Crippen LogP contribution in [0.25, 0.3) is 5.65 Å². The summed E-state index contributed by atoms with van der Waals surface area (Å²) in [7, 11) is 3.48. The second kappa shape index (κ2) is 5.08. The molecule has 3 aromatic rings. The van der Waals surface area contributed by atoms with Gasteiger partial charge in [-0.25, -0.2) is 9.97 Å².